The number of nitrogens with zero attached hydrogens (tertiary/aromatic N) is 1. The van der Waals surface area contributed by atoms with Crippen LogP contribution in [-0.2, 0) is 11.4 Å². The quantitative estimate of drug-likeness (QED) is 0.791. The molecule has 3 aromatic rings. The van der Waals surface area contributed by atoms with Crippen LogP contribution in [0.4, 0.5) is 0 Å². The van der Waals surface area contributed by atoms with Crippen LogP contribution in [-0.4, -0.2) is 23.4 Å². The highest BCUT2D eigenvalue weighted by Gasteiger charge is 2.36. The molecule has 0 radical (unpaired) electrons. The van der Waals surface area contributed by atoms with Crippen molar-refractivity contribution in [1.29, 1.82) is 0 Å². The standard InChI is InChI=1S/C21H21NO2/c23-14-20-15-24-22(13-16-6-2-1-3-7-16)21(20)19-11-10-17-8-4-5-9-18(17)12-19/h1-12,20-21,23H,13-15H2/t20-,21+/m0/s1. The lowest BCUT2D eigenvalue weighted by Gasteiger charge is -2.26. The normalized spacial score (nSPS) is 21.4. The van der Waals surface area contributed by atoms with Crippen molar-refractivity contribution in [2.45, 2.75) is 12.6 Å². The van der Waals surface area contributed by atoms with Crippen molar-refractivity contribution >= 4 is 10.8 Å². The molecular formula is C21H21NO2. The maximum Gasteiger partial charge on any atom is 0.0754 e. The zero-order chi connectivity index (χ0) is 16.4. The summed E-state index contributed by atoms with van der Waals surface area (Å²) in [4.78, 5) is 5.91. The third kappa shape index (κ3) is 2.94. The van der Waals surface area contributed by atoms with Crippen LogP contribution < -0.4 is 0 Å². The Balaban J connectivity index is 1.67. The number of hydroxylamine groups is 2. The third-order valence-corrected chi connectivity index (χ3v) is 4.74. The van der Waals surface area contributed by atoms with Gasteiger partial charge in [-0.1, -0.05) is 66.7 Å². The van der Waals surface area contributed by atoms with Crippen molar-refractivity contribution in [3.63, 3.8) is 0 Å². The molecule has 0 amide bonds. The van der Waals surface area contributed by atoms with Crippen molar-refractivity contribution in [2.75, 3.05) is 13.2 Å². The minimum absolute atomic E-state index is 0.0693. The van der Waals surface area contributed by atoms with E-state index < -0.39 is 0 Å². The molecule has 0 aliphatic carbocycles. The second kappa shape index (κ2) is 6.73. The summed E-state index contributed by atoms with van der Waals surface area (Å²) in [5.41, 5.74) is 2.41. The van der Waals surface area contributed by atoms with Gasteiger partial charge in [0.25, 0.3) is 0 Å². The van der Waals surface area contributed by atoms with E-state index in [-0.39, 0.29) is 18.6 Å². The minimum Gasteiger partial charge on any atom is -0.396 e. The molecular weight excluding hydrogens is 298 g/mol. The van der Waals surface area contributed by atoms with Crippen molar-refractivity contribution in [3.05, 3.63) is 83.9 Å². The molecule has 122 valence electrons. The smallest absolute Gasteiger partial charge is 0.0754 e. The Hall–Kier alpha value is -2.20. The van der Waals surface area contributed by atoms with E-state index in [1.807, 2.05) is 23.3 Å². The van der Waals surface area contributed by atoms with Gasteiger partial charge in [-0.3, -0.25) is 4.84 Å². The van der Waals surface area contributed by atoms with Crippen molar-refractivity contribution in [3.8, 4) is 0 Å². The molecule has 1 aliphatic rings. The summed E-state index contributed by atoms with van der Waals surface area (Å²) in [7, 11) is 0. The molecule has 3 heteroatoms. The topological polar surface area (TPSA) is 32.7 Å². The molecule has 0 bridgehead atoms. The maximum absolute atomic E-state index is 9.79. The fourth-order valence-corrected chi connectivity index (χ4v) is 3.49. The van der Waals surface area contributed by atoms with Crippen molar-refractivity contribution in [2.24, 2.45) is 5.92 Å². The highest BCUT2D eigenvalue weighted by Crippen LogP contribution is 2.37. The summed E-state index contributed by atoms with van der Waals surface area (Å²) >= 11 is 0. The van der Waals surface area contributed by atoms with Gasteiger partial charge >= 0.3 is 0 Å². The molecule has 1 aliphatic heterocycles. The Morgan fingerprint density at radius 3 is 2.46 bits per heavy atom. The lowest BCUT2D eigenvalue weighted by Crippen LogP contribution is -2.25. The number of rotatable bonds is 4. The molecule has 1 N–H and O–H groups in total. The first-order chi connectivity index (χ1) is 11.8. The van der Waals surface area contributed by atoms with Gasteiger partial charge in [-0.05, 0) is 28.0 Å². The molecule has 0 aromatic heterocycles. The van der Waals surface area contributed by atoms with E-state index in [0.717, 1.165) is 6.54 Å². The van der Waals surface area contributed by atoms with Gasteiger partial charge in [-0.2, -0.15) is 5.06 Å². The summed E-state index contributed by atoms with van der Waals surface area (Å²) in [6.45, 7) is 1.40. The first-order valence-corrected chi connectivity index (χ1v) is 8.38. The van der Waals surface area contributed by atoms with Crippen LogP contribution in [0.2, 0.25) is 0 Å². The summed E-state index contributed by atoms with van der Waals surface area (Å²) in [6, 6.07) is 25.3. The van der Waals surface area contributed by atoms with Crippen LogP contribution in [0.25, 0.3) is 10.8 Å². The van der Waals surface area contributed by atoms with Gasteiger partial charge in [0.15, 0.2) is 0 Å². The highest BCUT2D eigenvalue weighted by atomic mass is 16.7. The van der Waals surface area contributed by atoms with Crippen LogP contribution in [0.1, 0.15) is 17.2 Å². The van der Waals surface area contributed by atoms with Crippen LogP contribution >= 0.6 is 0 Å². The third-order valence-electron chi connectivity index (χ3n) is 4.74. The van der Waals surface area contributed by atoms with E-state index in [4.69, 9.17) is 4.84 Å². The minimum atomic E-state index is 0.0693. The average molecular weight is 319 g/mol. The van der Waals surface area contributed by atoms with Crippen LogP contribution in [0.3, 0.4) is 0 Å². The Labute approximate surface area is 142 Å². The van der Waals surface area contributed by atoms with E-state index in [9.17, 15) is 5.11 Å². The van der Waals surface area contributed by atoms with Crippen molar-refractivity contribution in [1.82, 2.24) is 5.06 Å². The molecule has 3 nitrogen and oxygen atoms in total. The number of aliphatic hydroxyl groups is 1. The predicted octanol–water partition coefficient (Wildman–Crippen LogP) is 3.94. The average Bonchev–Trinajstić information content (AvgIpc) is 3.05. The molecule has 1 saturated heterocycles. The summed E-state index contributed by atoms with van der Waals surface area (Å²) in [5, 5.41) is 14.3. The maximum atomic E-state index is 9.79. The van der Waals surface area contributed by atoms with Gasteiger partial charge < -0.3 is 5.11 Å². The molecule has 1 fully saturated rings. The van der Waals surface area contributed by atoms with Gasteiger partial charge in [0.05, 0.1) is 19.3 Å². The van der Waals surface area contributed by atoms with Gasteiger partial charge in [0.2, 0.25) is 0 Å². The molecule has 1 heterocycles. The summed E-state index contributed by atoms with van der Waals surface area (Å²) in [5.74, 6) is 0.0925. The zero-order valence-electron chi connectivity index (χ0n) is 13.5. The molecule has 4 rings (SSSR count). The molecule has 24 heavy (non-hydrogen) atoms. The number of aliphatic hydroxyl groups excluding tert-OH is 1. The van der Waals surface area contributed by atoms with Gasteiger partial charge in [-0.15, -0.1) is 0 Å². The number of hydrogen-bond donors (Lipinski definition) is 1. The number of benzene rings is 3. The first-order valence-electron chi connectivity index (χ1n) is 8.38. The van der Waals surface area contributed by atoms with Gasteiger partial charge in [0.1, 0.15) is 0 Å². The zero-order valence-corrected chi connectivity index (χ0v) is 13.5. The SMILES string of the molecule is OC[C@H]1CON(Cc2ccccc2)[C@@H]1c1ccc2ccccc2c1. The number of hydrogen-bond acceptors (Lipinski definition) is 3. The van der Waals surface area contributed by atoms with Crippen LogP contribution in [0, 0.1) is 5.92 Å². The highest BCUT2D eigenvalue weighted by molar-refractivity contribution is 5.83. The fraction of sp³-hybridized carbons (Fsp3) is 0.238. The van der Waals surface area contributed by atoms with Crippen LogP contribution in [0.5, 0.6) is 0 Å². The van der Waals surface area contributed by atoms with E-state index in [0.29, 0.717) is 6.61 Å². The Morgan fingerprint density at radius 2 is 1.67 bits per heavy atom. The molecule has 3 aromatic carbocycles. The monoisotopic (exact) mass is 319 g/mol. The summed E-state index contributed by atoms with van der Waals surface area (Å²) in [6.07, 6.45) is 0. The van der Waals surface area contributed by atoms with E-state index in [1.165, 1.54) is 21.9 Å². The first kappa shape index (κ1) is 15.3. The number of fused-ring (bicyclic) bond motifs is 1. The van der Waals surface area contributed by atoms with Gasteiger partial charge in [0, 0.05) is 12.5 Å². The van der Waals surface area contributed by atoms with Gasteiger partial charge in [-0.25, -0.2) is 0 Å². The Bertz CT molecular complexity index is 818. The fourth-order valence-electron chi connectivity index (χ4n) is 3.49. The molecule has 0 spiro atoms. The predicted molar refractivity (Wildman–Crippen MR) is 95.2 cm³/mol. The Morgan fingerprint density at radius 1 is 0.917 bits per heavy atom. The van der Waals surface area contributed by atoms with Crippen LogP contribution in [0.15, 0.2) is 72.8 Å². The lowest BCUT2D eigenvalue weighted by molar-refractivity contribution is -0.141. The van der Waals surface area contributed by atoms with E-state index in [1.54, 1.807) is 0 Å². The second-order valence-corrected chi connectivity index (χ2v) is 6.35. The second-order valence-electron chi connectivity index (χ2n) is 6.35. The lowest BCUT2D eigenvalue weighted by atomic mass is 9.93. The van der Waals surface area contributed by atoms with E-state index in [2.05, 4.69) is 54.6 Å². The molecule has 0 unspecified atom stereocenters. The van der Waals surface area contributed by atoms with Crippen molar-refractivity contribution < 1.29 is 9.94 Å². The molecule has 0 saturated carbocycles. The Kier molecular flexibility index (Phi) is 4.30. The molecule has 2 atom stereocenters. The summed E-state index contributed by atoms with van der Waals surface area (Å²) < 4.78 is 0. The van der Waals surface area contributed by atoms with E-state index >= 15 is 0 Å². The largest absolute Gasteiger partial charge is 0.396 e.